The molecule has 0 saturated carbocycles. The number of pyridine rings is 1. The van der Waals surface area contributed by atoms with E-state index < -0.39 is 7.12 Å². The number of nitrogens with zero attached hydrogens (tertiary/aromatic N) is 4. The van der Waals surface area contributed by atoms with Crippen molar-refractivity contribution in [2.45, 2.75) is 45.4 Å². The molecular weight excluding hydrogens is 267 g/mol. The molecule has 110 valence electrons. The molecule has 0 amide bonds. The highest BCUT2D eigenvalue weighted by atomic mass is 16.7. The first kappa shape index (κ1) is 14.2. The van der Waals surface area contributed by atoms with E-state index in [1.807, 2.05) is 52.2 Å². The molecule has 1 aliphatic rings. The lowest BCUT2D eigenvalue weighted by molar-refractivity contribution is 0.00578. The summed E-state index contributed by atoms with van der Waals surface area (Å²) < 4.78 is 13.7. The van der Waals surface area contributed by atoms with E-state index in [1.165, 1.54) is 0 Å². The van der Waals surface area contributed by atoms with E-state index in [4.69, 9.17) is 9.31 Å². The maximum Gasteiger partial charge on any atom is 0.518 e. The molecule has 0 aromatic carbocycles. The molecule has 0 aliphatic carbocycles. The third-order valence-electron chi connectivity index (χ3n) is 4.12. The molecule has 7 heteroatoms. The molecule has 0 atom stereocenters. The fourth-order valence-corrected chi connectivity index (χ4v) is 2.14. The first-order valence-electron chi connectivity index (χ1n) is 7.02. The van der Waals surface area contributed by atoms with Gasteiger partial charge in [0.2, 0.25) is 0 Å². The Hall–Kier alpha value is -1.73. The fourth-order valence-electron chi connectivity index (χ4n) is 2.14. The van der Waals surface area contributed by atoms with E-state index in [0.717, 1.165) is 5.56 Å². The quantitative estimate of drug-likeness (QED) is 0.788. The smallest absolute Gasteiger partial charge is 0.398 e. The Morgan fingerprint density at radius 1 is 1.19 bits per heavy atom. The van der Waals surface area contributed by atoms with Crippen LogP contribution in [-0.4, -0.2) is 38.3 Å². The van der Waals surface area contributed by atoms with Crippen LogP contribution >= 0.6 is 0 Å². The van der Waals surface area contributed by atoms with Crippen LogP contribution in [0.5, 0.6) is 0 Å². The van der Waals surface area contributed by atoms with Gasteiger partial charge in [-0.3, -0.25) is 4.98 Å². The van der Waals surface area contributed by atoms with Gasteiger partial charge >= 0.3 is 7.12 Å². The van der Waals surface area contributed by atoms with Crippen LogP contribution in [0.1, 0.15) is 33.3 Å². The molecule has 0 spiro atoms. The molecule has 21 heavy (non-hydrogen) atoms. The minimum absolute atomic E-state index is 0.370. The Labute approximate surface area is 124 Å². The fraction of sp³-hybridized carbons (Fsp3) is 0.500. The predicted octanol–water partition coefficient (Wildman–Crippen LogP) is 1.02. The third kappa shape index (κ3) is 2.71. The van der Waals surface area contributed by atoms with Gasteiger partial charge in [-0.15, -0.1) is 5.10 Å². The normalized spacial score (nSPS) is 19.9. The Kier molecular flexibility index (Phi) is 3.34. The van der Waals surface area contributed by atoms with Crippen LogP contribution < -0.4 is 5.59 Å². The molecule has 0 unspecified atom stereocenters. The van der Waals surface area contributed by atoms with E-state index >= 15 is 0 Å². The van der Waals surface area contributed by atoms with Gasteiger partial charge in [-0.2, -0.15) is 0 Å². The van der Waals surface area contributed by atoms with E-state index in [0.29, 0.717) is 12.1 Å². The summed E-state index contributed by atoms with van der Waals surface area (Å²) in [7, 11) is -0.474. The molecule has 6 nitrogen and oxygen atoms in total. The van der Waals surface area contributed by atoms with Crippen LogP contribution in [0.4, 0.5) is 0 Å². The van der Waals surface area contributed by atoms with Crippen molar-refractivity contribution in [2.75, 3.05) is 0 Å². The van der Waals surface area contributed by atoms with Gasteiger partial charge in [0.1, 0.15) is 5.59 Å². The maximum atomic E-state index is 5.96. The average molecular weight is 286 g/mol. The molecule has 0 radical (unpaired) electrons. The highest BCUT2D eigenvalue weighted by Gasteiger charge is 2.52. The van der Waals surface area contributed by atoms with Crippen molar-refractivity contribution in [3.8, 4) is 0 Å². The first-order valence-corrected chi connectivity index (χ1v) is 7.02. The van der Waals surface area contributed by atoms with Gasteiger partial charge in [-0.25, -0.2) is 4.68 Å². The minimum atomic E-state index is -0.474. The van der Waals surface area contributed by atoms with Gasteiger partial charge < -0.3 is 9.31 Å². The SMILES string of the molecule is CC1(C)OB(c2cn(Cc3cccnc3)nn2)OC1(C)C. The second-order valence-corrected chi connectivity index (χ2v) is 6.29. The van der Waals surface area contributed by atoms with Crippen LogP contribution in [0.2, 0.25) is 0 Å². The molecule has 2 aromatic rings. The Morgan fingerprint density at radius 3 is 2.52 bits per heavy atom. The third-order valence-corrected chi connectivity index (χ3v) is 4.12. The molecule has 1 fully saturated rings. The predicted molar refractivity (Wildman–Crippen MR) is 79.1 cm³/mol. The number of hydrogen-bond donors (Lipinski definition) is 0. The van der Waals surface area contributed by atoms with Gasteiger partial charge in [0.25, 0.3) is 0 Å². The highest BCUT2D eigenvalue weighted by Crippen LogP contribution is 2.36. The summed E-state index contributed by atoms with van der Waals surface area (Å²) in [6, 6.07) is 3.91. The average Bonchev–Trinajstić information content (AvgIpc) is 2.94. The van der Waals surface area contributed by atoms with E-state index in [1.54, 1.807) is 10.9 Å². The summed E-state index contributed by atoms with van der Waals surface area (Å²) in [6.45, 7) is 8.71. The summed E-state index contributed by atoms with van der Waals surface area (Å²) in [4.78, 5) is 4.09. The maximum absolute atomic E-state index is 5.96. The van der Waals surface area contributed by atoms with Crippen molar-refractivity contribution < 1.29 is 9.31 Å². The second kappa shape index (κ2) is 4.93. The van der Waals surface area contributed by atoms with Crippen molar-refractivity contribution >= 4 is 12.7 Å². The van der Waals surface area contributed by atoms with Crippen LogP contribution in [0.15, 0.2) is 30.7 Å². The van der Waals surface area contributed by atoms with Gasteiger partial charge in [0.05, 0.1) is 17.7 Å². The Balaban J connectivity index is 1.74. The lowest BCUT2D eigenvalue weighted by Gasteiger charge is -2.32. The zero-order valence-electron chi connectivity index (χ0n) is 12.8. The summed E-state index contributed by atoms with van der Waals surface area (Å²) in [6.07, 6.45) is 5.42. The number of hydrogen-bond acceptors (Lipinski definition) is 5. The van der Waals surface area contributed by atoms with Gasteiger partial charge in [0.15, 0.2) is 0 Å². The summed E-state index contributed by atoms with van der Waals surface area (Å²) >= 11 is 0. The van der Waals surface area contributed by atoms with E-state index in [2.05, 4.69) is 15.3 Å². The molecule has 2 aromatic heterocycles. The lowest BCUT2D eigenvalue weighted by Crippen LogP contribution is -2.41. The molecule has 0 N–H and O–H groups in total. The molecule has 1 saturated heterocycles. The van der Waals surface area contributed by atoms with Crippen molar-refractivity contribution in [3.63, 3.8) is 0 Å². The number of aromatic nitrogens is 4. The largest absolute Gasteiger partial charge is 0.518 e. The summed E-state index contributed by atoms with van der Waals surface area (Å²) in [5.74, 6) is 0. The number of rotatable bonds is 3. The zero-order valence-corrected chi connectivity index (χ0v) is 12.8. The van der Waals surface area contributed by atoms with Gasteiger partial charge in [-0.05, 0) is 39.3 Å². The van der Waals surface area contributed by atoms with Crippen molar-refractivity contribution in [1.82, 2.24) is 20.0 Å². The lowest BCUT2D eigenvalue weighted by atomic mass is 9.86. The highest BCUT2D eigenvalue weighted by molar-refractivity contribution is 6.61. The minimum Gasteiger partial charge on any atom is -0.398 e. The van der Waals surface area contributed by atoms with Crippen LogP contribution in [0, 0.1) is 0 Å². The van der Waals surface area contributed by atoms with Gasteiger partial charge in [-0.1, -0.05) is 11.3 Å². The van der Waals surface area contributed by atoms with Crippen molar-refractivity contribution in [1.29, 1.82) is 0 Å². The standard InChI is InChI=1S/C14H19BN4O2/c1-13(2)14(3,4)21-15(20-13)12-10-19(18-17-12)9-11-6-5-7-16-8-11/h5-8,10H,9H2,1-4H3. The van der Waals surface area contributed by atoms with E-state index in [-0.39, 0.29) is 11.2 Å². The van der Waals surface area contributed by atoms with Gasteiger partial charge in [0, 0.05) is 18.6 Å². The molecule has 1 aliphatic heterocycles. The Morgan fingerprint density at radius 2 is 1.90 bits per heavy atom. The van der Waals surface area contributed by atoms with Crippen molar-refractivity contribution in [3.05, 3.63) is 36.3 Å². The van der Waals surface area contributed by atoms with Crippen LogP contribution in [0.25, 0.3) is 0 Å². The topological polar surface area (TPSA) is 62.1 Å². The van der Waals surface area contributed by atoms with Crippen molar-refractivity contribution in [2.24, 2.45) is 0 Å². The Bertz CT molecular complexity index is 611. The summed E-state index contributed by atoms with van der Waals surface area (Å²) in [5, 5.41) is 8.30. The first-order chi connectivity index (χ1) is 9.87. The molecule has 3 heterocycles. The van der Waals surface area contributed by atoms with E-state index in [9.17, 15) is 0 Å². The van der Waals surface area contributed by atoms with Crippen LogP contribution in [0.3, 0.4) is 0 Å². The second-order valence-electron chi connectivity index (χ2n) is 6.29. The summed E-state index contributed by atoms with van der Waals surface area (Å²) in [5.41, 5.74) is 1.02. The molecular formula is C14H19BN4O2. The zero-order chi connectivity index (χ0) is 15.1. The molecule has 0 bridgehead atoms. The molecule has 3 rings (SSSR count). The monoisotopic (exact) mass is 286 g/mol. The van der Waals surface area contributed by atoms with Crippen LogP contribution in [-0.2, 0) is 15.9 Å².